The first-order chi connectivity index (χ1) is 15.6. The first-order valence-corrected chi connectivity index (χ1v) is 11.3. The lowest BCUT2D eigenvalue weighted by Gasteiger charge is -2.28. The summed E-state index contributed by atoms with van der Waals surface area (Å²) in [5.74, 6) is 0.804. The molecule has 0 radical (unpaired) electrons. The van der Waals surface area contributed by atoms with Crippen molar-refractivity contribution in [2.24, 2.45) is 0 Å². The Kier molecular flexibility index (Phi) is 5.29. The number of hydrogen-bond acceptors (Lipinski definition) is 3. The van der Waals surface area contributed by atoms with E-state index in [1.54, 1.807) is 7.05 Å². The zero-order valence-corrected chi connectivity index (χ0v) is 18.5. The molecule has 2 atom stereocenters. The third-order valence-corrected chi connectivity index (χ3v) is 6.88. The molecule has 2 bridgehead atoms. The molecule has 0 unspecified atom stereocenters. The summed E-state index contributed by atoms with van der Waals surface area (Å²) in [6.07, 6.45) is 3.01. The second-order valence-electron chi connectivity index (χ2n) is 8.78. The molecule has 0 aliphatic carbocycles. The maximum Gasteiger partial charge on any atom is 0.271 e. The minimum Gasteiger partial charge on any atom is -0.354 e. The molecule has 0 saturated carbocycles. The maximum atomic E-state index is 13.5. The number of aromatic nitrogens is 2. The van der Waals surface area contributed by atoms with E-state index in [4.69, 9.17) is 4.98 Å². The van der Waals surface area contributed by atoms with E-state index in [1.807, 2.05) is 48.5 Å². The Hall–Kier alpha value is -3.41. The maximum absolute atomic E-state index is 13.5. The average molecular weight is 429 g/mol. The smallest absolute Gasteiger partial charge is 0.271 e. The lowest BCUT2D eigenvalue weighted by atomic mass is 10.0. The van der Waals surface area contributed by atoms with Crippen molar-refractivity contribution in [3.05, 3.63) is 77.1 Å². The number of hydrogen-bond donors (Lipinski definition) is 1. The molecule has 2 aromatic carbocycles. The summed E-state index contributed by atoms with van der Waals surface area (Å²) in [5, 5.41) is 2.74. The molecular weight excluding hydrogens is 400 g/mol. The van der Waals surface area contributed by atoms with Crippen LogP contribution >= 0.6 is 0 Å². The molecule has 2 aliphatic heterocycles. The Balaban J connectivity index is 1.51. The normalized spacial score (nSPS) is 19.4. The van der Waals surface area contributed by atoms with Gasteiger partial charge in [-0.3, -0.25) is 9.59 Å². The van der Waals surface area contributed by atoms with Crippen LogP contribution in [0.1, 0.15) is 40.2 Å². The van der Waals surface area contributed by atoms with E-state index < -0.39 is 0 Å². The SMILES string of the molecule is CNC(=O)c1nc(-c2ccccc2)n2c1C[C@@H]1CC[C@H](C2)N1C(=O)Cc1ccccc1C. The Morgan fingerprint density at radius 3 is 2.50 bits per heavy atom. The summed E-state index contributed by atoms with van der Waals surface area (Å²) in [4.78, 5) is 33.0. The molecule has 0 spiro atoms. The van der Waals surface area contributed by atoms with Crippen LogP contribution in [0, 0.1) is 6.92 Å². The van der Waals surface area contributed by atoms with Crippen LogP contribution in [0.3, 0.4) is 0 Å². The van der Waals surface area contributed by atoms with E-state index in [-0.39, 0.29) is 23.9 Å². The van der Waals surface area contributed by atoms with Gasteiger partial charge < -0.3 is 14.8 Å². The van der Waals surface area contributed by atoms with Crippen LogP contribution < -0.4 is 5.32 Å². The van der Waals surface area contributed by atoms with Crippen LogP contribution in [-0.4, -0.2) is 45.4 Å². The number of amides is 2. The van der Waals surface area contributed by atoms with Gasteiger partial charge in [0.1, 0.15) is 11.5 Å². The van der Waals surface area contributed by atoms with Crippen molar-refractivity contribution in [1.29, 1.82) is 0 Å². The number of aryl methyl sites for hydroxylation is 1. The highest BCUT2D eigenvalue weighted by Crippen LogP contribution is 2.36. The van der Waals surface area contributed by atoms with Crippen LogP contribution in [0.15, 0.2) is 54.6 Å². The molecule has 2 amide bonds. The summed E-state index contributed by atoms with van der Waals surface area (Å²) in [6.45, 7) is 2.72. The van der Waals surface area contributed by atoms with Gasteiger partial charge in [0.2, 0.25) is 5.91 Å². The number of fused-ring (bicyclic) bond motifs is 3. The van der Waals surface area contributed by atoms with Crippen molar-refractivity contribution in [3.8, 4) is 11.4 Å². The molecule has 3 heterocycles. The fraction of sp³-hybridized carbons (Fsp3) is 0.346. The predicted octanol–water partition coefficient (Wildman–Crippen LogP) is 3.38. The fourth-order valence-corrected chi connectivity index (χ4v) is 5.24. The first kappa shape index (κ1) is 20.5. The highest BCUT2D eigenvalue weighted by molar-refractivity contribution is 5.94. The average Bonchev–Trinajstić information content (AvgIpc) is 3.31. The van der Waals surface area contributed by atoms with E-state index in [9.17, 15) is 9.59 Å². The number of benzene rings is 2. The van der Waals surface area contributed by atoms with E-state index in [1.165, 1.54) is 0 Å². The van der Waals surface area contributed by atoms with Crippen molar-refractivity contribution >= 4 is 11.8 Å². The van der Waals surface area contributed by atoms with Crippen LogP contribution in [0.4, 0.5) is 0 Å². The van der Waals surface area contributed by atoms with Crippen LogP contribution in [0.25, 0.3) is 11.4 Å². The lowest BCUT2D eigenvalue weighted by molar-refractivity contribution is -0.133. The Morgan fingerprint density at radius 1 is 1.03 bits per heavy atom. The van der Waals surface area contributed by atoms with Gasteiger partial charge in [-0.25, -0.2) is 4.98 Å². The largest absolute Gasteiger partial charge is 0.354 e. The third-order valence-electron chi connectivity index (χ3n) is 6.88. The van der Waals surface area contributed by atoms with Crippen molar-refractivity contribution in [1.82, 2.24) is 19.8 Å². The summed E-state index contributed by atoms with van der Waals surface area (Å²) in [6, 6.07) is 18.3. The van der Waals surface area contributed by atoms with Gasteiger partial charge in [-0.2, -0.15) is 0 Å². The summed E-state index contributed by atoms with van der Waals surface area (Å²) < 4.78 is 2.18. The minimum absolute atomic E-state index is 0.0986. The van der Waals surface area contributed by atoms with Gasteiger partial charge in [-0.15, -0.1) is 0 Å². The van der Waals surface area contributed by atoms with E-state index in [0.717, 1.165) is 41.1 Å². The molecular formula is C26H28N4O2. The molecule has 6 heteroatoms. The highest BCUT2D eigenvalue weighted by atomic mass is 16.2. The molecule has 1 fully saturated rings. The Labute approximate surface area is 188 Å². The van der Waals surface area contributed by atoms with Crippen LogP contribution in [0.2, 0.25) is 0 Å². The number of nitrogens with one attached hydrogen (secondary N) is 1. The predicted molar refractivity (Wildman–Crippen MR) is 123 cm³/mol. The molecule has 3 aromatic rings. The standard InChI is InChI=1S/C26H28N4O2/c1-17-8-6-7-11-19(17)14-23(31)30-20-12-13-21(30)16-29-22(15-20)24(26(32)27-2)28-25(29)18-9-4-3-5-10-18/h3-11,20-21H,12-16H2,1-2H3,(H,27,32)/t20-,21+/m0/s1. The zero-order chi connectivity index (χ0) is 22.2. The molecule has 32 heavy (non-hydrogen) atoms. The summed E-state index contributed by atoms with van der Waals surface area (Å²) >= 11 is 0. The highest BCUT2D eigenvalue weighted by Gasteiger charge is 2.42. The first-order valence-electron chi connectivity index (χ1n) is 11.3. The topological polar surface area (TPSA) is 67.2 Å². The van der Waals surface area contributed by atoms with E-state index in [0.29, 0.717) is 25.1 Å². The van der Waals surface area contributed by atoms with Crippen molar-refractivity contribution < 1.29 is 9.59 Å². The van der Waals surface area contributed by atoms with Crippen molar-refractivity contribution in [2.45, 2.75) is 51.2 Å². The number of imidazole rings is 1. The van der Waals surface area contributed by atoms with Crippen molar-refractivity contribution in [2.75, 3.05) is 7.05 Å². The van der Waals surface area contributed by atoms with E-state index in [2.05, 4.69) is 27.8 Å². The third kappa shape index (κ3) is 3.49. The molecule has 2 aliphatic rings. The molecule has 1 saturated heterocycles. The zero-order valence-electron chi connectivity index (χ0n) is 18.5. The minimum atomic E-state index is -0.175. The molecule has 6 nitrogen and oxygen atoms in total. The molecule has 1 aromatic heterocycles. The van der Waals surface area contributed by atoms with Gasteiger partial charge in [0, 0.05) is 31.6 Å². The molecule has 5 rings (SSSR count). The monoisotopic (exact) mass is 428 g/mol. The summed E-state index contributed by atoms with van der Waals surface area (Å²) in [5.41, 5.74) is 4.62. The summed E-state index contributed by atoms with van der Waals surface area (Å²) in [7, 11) is 1.64. The van der Waals surface area contributed by atoms with Crippen molar-refractivity contribution in [3.63, 3.8) is 0 Å². The van der Waals surface area contributed by atoms with Gasteiger partial charge in [0.15, 0.2) is 0 Å². The number of carbonyl (C=O) groups is 2. The van der Waals surface area contributed by atoms with Gasteiger partial charge in [0.05, 0.1) is 18.2 Å². The van der Waals surface area contributed by atoms with Gasteiger partial charge in [-0.1, -0.05) is 54.6 Å². The second kappa shape index (κ2) is 8.26. The Morgan fingerprint density at radius 2 is 1.75 bits per heavy atom. The van der Waals surface area contributed by atoms with Crippen LogP contribution in [0.5, 0.6) is 0 Å². The lowest BCUT2D eigenvalue weighted by Crippen LogP contribution is -2.43. The van der Waals surface area contributed by atoms with E-state index >= 15 is 0 Å². The molecule has 164 valence electrons. The van der Waals surface area contributed by atoms with Crippen LogP contribution in [-0.2, 0) is 24.2 Å². The molecule has 1 N–H and O–H groups in total. The number of rotatable bonds is 4. The van der Waals surface area contributed by atoms with Gasteiger partial charge in [-0.05, 0) is 30.9 Å². The van der Waals surface area contributed by atoms with Gasteiger partial charge in [0.25, 0.3) is 5.91 Å². The number of carbonyl (C=O) groups excluding carboxylic acids is 2. The quantitative estimate of drug-likeness (QED) is 0.693. The Bertz CT molecular complexity index is 1170. The fourth-order valence-electron chi connectivity index (χ4n) is 5.24. The van der Waals surface area contributed by atoms with Gasteiger partial charge >= 0.3 is 0 Å². The number of nitrogens with zero attached hydrogens (tertiary/aromatic N) is 3. The second-order valence-corrected chi connectivity index (χ2v) is 8.78.